The Morgan fingerprint density at radius 1 is 1.24 bits per heavy atom. The van der Waals surface area contributed by atoms with Gasteiger partial charge in [-0.1, -0.05) is 18.2 Å². The summed E-state index contributed by atoms with van der Waals surface area (Å²) in [5, 5.41) is 0. The summed E-state index contributed by atoms with van der Waals surface area (Å²) in [6, 6.07) is 7.64. The molecule has 0 bridgehead atoms. The molecule has 0 atom stereocenters. The molecule has 0 N–H and O–H groups in total. The second-order valence-corrected chi connectivity index (χ2v) is 3.24. The number of rotatable bonds is 2. The van der Waals surface area contributed by atoms with Gasteiger partial charge >= 0.3 is 11.9 Å². The highest BCUT2D eigenvalue weighted by molar-refractivity contribution is 6.37. The first-order valence-corrected chi connectivity index (χ1v) is 5.12. The van der Waals surface area contributed by atoms with Crippen molar-refractivity contribution >= 4 is 17.6 Å². The van der Waals surface area contributed by atoms with E-state index in [-0.39, 0.29) is 17.7 Å². The Kier molecular flexibility index (Phi) is 4.39. The van der Waals surface area contributed by atoms with E-state index in [1.165, 1.54) is 19.2 Å². The molecule has 0 unspecified atom stereocenters. The number of carbonyl (C=O) groups excluding carboxylic acids is 2. The highest BCUT2D eigenvalue weighted by Gasteiger charge is 2.22. The van der Waals surface area contributed by atoms with Gasteiger partial charge < -0.3 is 9.64 Å². The van der Waals surface area contributed by atoms with E-state index in [4.69, 9.17) is 0 Å². The van der Waals surface area contributed by atoms with Crippen LogP contribution in [-0.4, -0.2) is 25.5 Å². The molecule has 0 fully saturated rings. The van der Waals surface area contributed by atoms with Crippen molar-refractivity contribution in [2.45, 2.75) is 6.92 Å². The second kappa shape index (κ2) is 5.79. The van der Waals surface area contributed by atoms with Gasteiger partial charge in [-0.05, 0) is 19.1 Å². The number of likely N-dealkylation sites (N-methyl/N-ethyl adjacent to an activating group) is 1. The van der Waals surface area contributed by atoms with Gasteiger partial charge in [-0.25, -0.2) is 4.79 Å². The molecule has 0 aliphatic rings. The van der Waals surface area contributed by atoms with Gasteiger partial charge in [-0.15, -0.1) is 0 Å². The fourth-order valence-electron chi connectivity index (χ4n) is 1.24. The van der Waals surface area contributed by atoms with E-state index in [1.54, 1.807) is 25.1 Å². The van der Waals surface area contributed by atoms with E-state index in [1.807, 2.05) is 0 Å². The number of ether oxygens (including phenoxy) is 1. The Morgan fingerprint density at radius 3 is 2.53 bits per heavy atom. The normalized spacial score (nSPS) is 9.53. The zero-order valence-corrected chi connectivity index (χ0v) is 9.67. The summed E-state index contributed by atoms with van der Waals surface area (Å²) < 4.78 is 4.58. The fraction of sp³-hybridized carbons (Fsp3) is 0.250. The van der Waals surface area contributed by atoms with Crippen molar-refractivity contribution < 1.29 is 14.3 Å². The quantitative estimate of drug-likeness (QED) is 0.555. The maximum Gasteiger partial charge on any atom is 0.397 e. The molecule has 0 saturated carbocycles. The van der Waals surface area contributed by atoms with Gasteiger partial charge in [-0.2, -0.15) is 0 Å². The van der Waals surface area contributed by atoms with Gasteiger partial charge in [0.15, 0.2) is 0 Å². The summed E-state index contributed by atoms with van der Waals surface area (Å²) in [5.74, 6) is -1.84. The van der Waals surface area contributed by atoms with Gasteiger partial charge in [0.05, 0.1) is 12.3 Å². The van der Waals surface area contributed by atoms with Crippen LogP contribution in [0.2, 0.25) is 0 Å². The monoisotopic (exact) mass is 235 g/mol. The number of hydrogen-bond acceptors (Lipinski definition) is 4. The minimum Gasteiger partial charge on any atom is -0.459 e. The molecule has 0 heterocycles. The topological polar surface area (TPSA) is 63.7 Å². The maximum absolute atomic E-state index is 11.6. The smallest absolute Gasteiger partial charge is 0.397 e. The number of anilines is 1. The minimum absolute atomic E-state index is 0.116. The van der Waals surface area contributed by atoms with E-state index in [0.29, 0.717) is 0 Å². The number of esters is 1. The van der Waals surface area contributed by atoms with Gasteiger partial charge in [0, 0.05) is 7.05 Å². The molecule has 1 amide bonds. The standard InChI is InChI=1S/C12H13NO4/c1-3-17-12(16)11(15)13(2)9-7-5-4-6-8-10(9)14/h4-8H,3H2,1-2H3. The van der Waals surface area contributed by atoms with Crippen LogP contribution in [0.15, 0.2) is 35.1 Å². The molecule has 0 saturated heterocycles. The molecule has 1 aromatic carbocycles. The molecule has 0 aliphatic heterocycles. The molecule has 1 rings (SSSR count). The second-order valence-electron chi connectivity index (χ2n) is 3.24. The summed E-state index contributed by atoms with van der Waals surface area (Å²) in [5.41, 5.74) is -0.205. The predicted octanol–water partition coefficient (Wildman–Crippen LogP) is 0.573. The van der Waals surface area contributed by atoms with Gasteiger partial charge in [0.25, 0.3) is 0 Å². The minimum atomic E-state index is -0.971. The summed E-state index contributed by atoms with van der Waals surface area (Å²) >= 11 is 0. The van der Waals surface area contributed by atoms with Crippen LogP contribution in [0.4, 0.5) is 5.69 Å². The lowest BCUT2D eigenvalue weighted by Crippen LogP contribution is -2.36. The lowest BCUT2D eigenvalue weighted by molar-refractivity contribution is -0.153. The van der Waals surface area contributed by atoms with Crippen molar-refractivity contribution in [3.63, 3.8) is 0 Å². The first kappa shape index (κ1) is 12.9. The third-order valence-corrected chi connectivity index (χ3v) is 2.09. The van der Waals surface area contributed by atoms with Crippen molar-refractivity contribution in [3.8, 4) is 0 Å². The molecular weight excluding hydrogens is 222 g/mol. The molecule has 0 spiro atoms. The van der Waals surface area contributed by atoms with Crippen molar-refractivity contribution in [2.75, 3.05) is 18.6 Å². The van der Waals surface area contributed by atoms with Gasteiger partial charge in [-0.3, -0.25) is 9.59 Å². The number of nitrogens with zero attached hydrogens (tertiary/aromatic N) is 1. The summed E-state index contributed by atoms with van der Waals surface area (Å²) in [6.45, 7) is 1.72. The van der Waals surface area contributed by atoms with Crippen LogP contribution in [0.3, 0.4) is 0 Å². The van der Waals surface area contributed by atoms with Gasteiger partial charge in [0.2, 0.25) is 5.43 Å². The lowest BCUT2D eigenvalue weighted by atomic mass is 10.3. The molecule has 5 heteroatoms. The van der Waals surface area contributed by atoms with Crippen LogP contribution < -0.4 is 10.3 Å². The van der Waals surface area contributed by atoms with Crippen LogP contribution in [-0.2, 0) is 14.3 Å². The number of hydrogen-bond donors (Lipinski definition) is 0. The molecule has 5 nitrogen and oxygen atoms in total. The highest BCUT2D eigenvalue weighted by atomic mass is 16.5. The zero-order valence-electron chi connectivity index (χ0n) is 9.67. The summed E-state index contributed by atoms with van der Waals surface area (Å²) in [4.78, 5) is 35.4. The van der Waals surface area contributed by atoms with E-state index in [2.05, 4.69) is 4.74 Å². The van der Waals surface area contributed by atoms with Crippen molar-refractivity contribution in [1.82, 2.24) is 0 Å². The Balaban J connectivity index is 3.02. The molecule has 17 heavy (non-hydrogen) atoms. The predicted molar refractivity (Wildman–Crippen MR) is 62.8 cm³/mol. The van der Waals surface area contributed by atoms with Crippen LogP contribution in [0.5, 0.6) is 0 Å². The molecular formula is C12H13NO4. The van der Waals surface area contributed by atoms with E-state index in [9.17, 15) is 14.4 Å². The molecule has 1 aromatic rings. The highest BCUT2D eigenvalue weighted by Crippen LogP contribution is 2.05. The van der Waals surface area contributed by atoms with Crippen LogP contribution >= 0.6 is 0 Å². The van der Waals surface area contributed by atoms with Crippen molar-refractivity contribution in [2.24, 2.45) is 0 Å². The van der Waals surface area contributed by atoms with Crippen LogP contribution in [0.25, 0.3) is 0 Å². The molecule has 0 aliphatic carbocycles. The lowest BCUT2D eigenvalue weighted by Gasteiger charge is -2.13. The zero-order chi connectivity index (χ0) is 12.8. The Labute approximate surface area is 98.6 Å². The van der Waals surface area contributed by atoms with E-state index in [0.717, 1.165) is 4.90 Å². The van der Waals surface area contributed by atoms with Crippen LogP contribution in [0.1, 0.15) is 6.92 Å². The third kappa shape index (κ3) is 3.14. The number of carbonyl (C=O) groups is 2. The van der Waals surface area contributed by atoms with Gasteiger partial charge in [0.1, 0.15) is 0 Å². The average Bonchev–Trinajstić information content (AvgIpc) is 2.52. The van der Waals surface area contributed by atoms with Crippen LogP contribution in [0, 0.1) is 0 Å². The van der Waals surface area contributed by atoms with Crippen molar-refractivity contribution in [1.29, 1.82) is 0 Å². The third-order valence-electron chi connectivity index (χ3n) is 2.09. The number of amides is 1. The average molecular weight is 235 g/mol. The Morgan fingerprint density at radius 2 is 1.88 bits per heavy atom. The molecule has 0 radical (unpaired) electrons. The fourth-order valence-corrected chi connectivity index (χ4v) is 1.24. The first-order valence-electron chi connectivity index (χ1n) is 5.12. The Bertz CT molecular complexity index is 484. The van der Waals surface area contributed by atoms with Crippen molar-refractivity contribution in [3.05, 3.63) is 40.6 Å². The molecule has 0 aromatic heterocycles. The summed E-state index contributed by atoms with van der Waals surface area (Å²) in [7, 11) is 1.36. The maximum atomic E-state index is 11.6. The largest absolute Gasteiger partial charge is 0.459 e. The Hall–Kier alpha value is -2.17. The molecule has 90 valence electrons. The van der Waals surface area contributed by atoms with E-state index < -0.39 is 11.9 Å². The summed E-state index contributed by atoms with van der Waals surface area (Å²) in [6.07, 6.45) is 0. The SMILES string of the molecule is CCOC(=O)C(=O)N(C)c1cccccc1=O. The van der Waals surface area contributed by atoms with E-state index >= 15 is 0 Å². The first-order chi connectivity index (χ1) is 8.07.